The lowest BCUT2D eigenvalue weighted by atomic mass is 10.4. The average Bonchev–Trinajstić information content (AvgIpc) is 2.28. The molecule has 84 valence electrons. The smallest absolute Gasteiger partial charge is 0.334 e. The molecule has 1 N–H and O–H groups in total. The highest BCUT2D eigenvalue weighted by molar-refractivity contribution is 5.85. The topological polar surface area (TPSA) is 32.3 Å². The van der Waals surface area contributed by atoms with Crippen LogP contribution >= 0.6 is 12.4 Å². The van der Waals surface area contributed by atoms with E-state index in [1.807, 2.05) is 0 Å². The van der Waals surface area contributed by atoms with E-state index in [-0.39, 0.29) is 25.5 Å². The molecule has 1 heterocycles. The second-order valence-corrected chi connectivity index (χ2v) is 2.89. The highest BCUT2D eigenvalue weighted by Gasteiger charge is 2.42. The van der Waals surface area contributed by atoms with Crippen molar-refractivity contribution in [2.24, 2.45) is 0 Å². The van der Waals surface area contributed by atoms with Crippen molar-refractivity contribution in [3.05, 3.63) is 0 Å². The van der Waals surface area contributed by atoms with Crippen LogP contribution in [0.3, 0.4) is 0 Å². The quantitative estimate of drug-likeness (QED) is 0.670. The standard InChI is InChI=1S/C7H11F3N2O.ClH/c8-7(9,10)6(13)12-4-1-2-11-3-5-12;/h11H,1-5H2;1H. The summed E-state index contributed by atoms with van der Waals surface area (Å²) in [7, 11) is 0. The first-order chi connectivity index (χ1) is 6.02. The molecule has 0 atom stereocenters. The molecular formula is C7H12ClF3N2O. The molecule has 1 aliphatic heterocycles. The van der Waals surface area contributed by atoms with Crippen LogP contribution in [-0.4, -0.2) is 43.2 Å². The number of nitrogens with one attached hydrogen (secondary N) is 1. The zero-order chi connectivity index (χ0) is 9.90. The van der Waals surface area contributed by atoms with E-state index in [1.54, 1.807) is 0 Å². The van der Waals surface area contributed by atoms with Gasteiger partial charge in [0.05, 0.1) is 0 Å². The molecule has 1 amide bonds. The molecule has 1 rings (SSSR count). The van der Waals surface area contributed by atoms with Gasteiger partial charge in [-0.3, -0.25) is 4.79 Å². The third-order valence-electron chi connectivity index (χ3n) is 1.87. The van der Waals surface area contributed by atoms with Gasteiger partial charge in [-0.25, -0.2) is 0 Å². The number of alkyl halides is 3. The second kappa shape index (κ2) is 5.41. The first-order valence-corrected chi connectivity index (χ1v) is 4.08. The van der Waals surface area contributed by atoms with Crippen LogP contribution in [0, 0.1) is 0 Å². The molecule has 0 aromatic carbocycles. The largest absolute Gasteiger partial charge is 0.471 e. The molecule has 0 unspecified atom stereocenters. The van der Waals surface area contributed by atoms with Gasteiger partial charge < -0.3 is 10.2 Å². The molecule has 14 heavy (non-hydrogen) atoms. The predicted octanol–water partition coefficient (Wildman–Crippen LogP) is 0.792. The second-order valence-electron chi connectivity index (χ2n) is 2.89. The summed E-state index contributed by atoms with van der Waals surface area (Å²) in [6.45, 7) is 1.42. The van der Waals surface area contributed by atoms with E-state index in [2.05, 4.69) is 5.32 Å². The van der Waals surface area contributed by atoms with Gasteiger partial charge in [-0.05, 0) is 13.0 Å². The number of hydrogen-bond donors (Lipinski definition) is 1. The Hall–Kier alpha value is -0.490. The number of nitrogens with zero attached hydrogens (tertiary/aromatic N) is 1. The van der Waals surface area contributed by atoms with Crippen LogP contribution < -0.4 is 5.32 Å². The lowest BCUT2D eigenvalue weighted by Crippen LogP contribution is -2.42. The van der Waals surface area contributed by atoms with Crippen molar-refractivity contribution in [3.8, 4) is 0 Å². The minimum atomic E-state index is -4.73. The maximum absolute atomic E-state index is 12.0. The Bertz CT molecular complexity index is 190. The molecular weight excluding hydrogens is 221 g/mol. The van der Waals surface area contributed by atoms with E-state index in [4.69, 9.17) is 0 Å². The Labute approximate surface area is 86.0 Å². The zero-order valence-corrected chi connectivity index (χ0v) is 8.25. The number of halogens is 4. The maximum Gasteiger partial charge on any atom is 0.471 e. The lowest BCUT2D eigenvalue weighted by Gasteiger charge is -2.20. The number of amides is 1. The molecule has 0 aliphatic carbocycles. The third-order valence-corrected chi connectivity index (χ3v) is 1.87. The summed E-state index contributed by atoms with van der Waals surface area (Å²) in [5, 5.41) is 2.92. The van der Waals surface area contributed by atoms with Crippen LogP contribution in [0.1, 0.15) is 6.42 Å². The van der Waals surface area contributed by atoms with Crippen molar-refractivity contribution >= 4 is 18.3 Å². The number of hydrogen-bond acceptors (Lipinski definition) is 2. The Morgan fingerprint density at radius 2 is 1.86 bits per heavy atom. The molecule has 1 aliphatic rings. The van der Waals surface area contributed by atoms with Gasteiger partial charge in [0, 0.05) is 19.6 Å². The molecule has 0 saturated carbocycles. The first kappa shape index (κ1) is 13.5. The van der Waals surface area contributed by atoms with Crippen LogP contribution in [0.5, 0.6) is 0 Å². The van der Waals surface area contributed by atoms with Crippen molar-refractivity contribution in [2.75, 3.05) is 26.2 Å². The van der Waals surface area contributed by atoms with Gasteiger partial charge in [0.1, 0.15) is 0 Å². The highest BCUT2D eigenvalue weighted by atomic mass is 35.5. The van der Waals surface area contributed by atoms with E-state index in [0.29, 0.717) is 19.5 Å². The summed E-state index contributed by atoms with van der Waals surface area (Å²) >= 11 is 0. The third kappa shape index (κ3) is 3.71. The van der Waals surface area contributed by atoms with Crippen LogP contribution in [-0.2, 0) is 4.79 Å². The van der Waals surface area contributed by atoms with Crippen LogP contribution in [0.2, 0.25) is 0 Å². The Morgan fingerprint density at radius 3 is 2.43 bits per heavy atom. The van der Waals surface area contributed by atoms with Crippen LogP contribution in [0.4, 0.5) is 13.2 Å². The minimum Gasteiger partial charge on any atom is -0.334 e. The summed E-state index contributed by atoms with van der Waals surface area (Å²) in [5.41, 5.74) is 0. The van der Waals surface area contributed by atoms with Crippen molar-refractivity contribution in [1.82, 2.24) is 10.2 Å². The Balaban J connectivity index is 0.00000169. The lowest BCUT2D eigenvalue weighted by molar-refractivity contribution is -0.185. The molecule has 0 aromatic heterocycles. The van der Waals surface area contributed by atoms with Crippen LogP contribution in [0.25, 0.3) is 0 Å². The zero-order valence-electron chi connectivity index (χ0n) is 7.43. The van der Waals surface area contributed by atoms with E-state index < -0.39 is 12.1 Å². The summed E-state index contributed by atoms with van der Waals surface area (Å²) in [6, 6.07) is 0. The van der Waals surface area contributed by atoms with Crippen molar-refractivity contribution < 1.29 is 18.0 Å². The Kier molecular flexibility index (Phi) is 5.22. The van der Waals surface area contributed by atoms with Crippen molar-refractivity contribution in [3.63, 3.8) is 0 Å². The summed E-state index contributed by atoms with van der Waals surface area (Å²) < 4.78 is 35.9. The summed E-state index contributed by atoms with van der Waals surface area (Å²) in [6.07, 6.45) is -4.16. The first-order valence-electron chi connectivity index (χ1n) is 4.08. The fourth-order valence-corrected chi connectivity index (χ4v) is 1.23. The molecule has 0 aromatic rings. The van der Waals surface area contributed by atoms with Gasteiger partial charge in [-0.1, -0.05) is 0 Å². The molecule has 3 nitrogen and oxygen atoms in total. The van der Waals surface area contributed by atoms with E-state index in [0.717, 1.165) is 4.90 Å². The van der Waals surface area contributed by atoms with E-state index >= 15 is 0 Å². The fraction of sp³-hybridized carbons (Fsp3) is 0.857. The summed E-state index contributed by atoms with van der Waals surface area (Å²) in [5.74, 6) is -1.73. The van der Waals surface area contributed by atoms with Gasteiger partial charge in [-0.2, -0.15) is 13.2 Å². The molecule has 7 heteroatoms. The molecule has 1 saturated heterocycles. The number of carbonyl (C=O) groups is 1. The maximum atomic E-state index is 12.0. The SMILES string of the molecule is Cl.O=C(N1CCCNCC1)C(F)(F)F. The number of rotatable bonds is 0. The molecule has 1 fully saturated rings. The average molecular weight is 233 g/mol. The van der Waals surface area contributed by atoms with Gasteiger partial charge in [-0.15, -0.1) is 12.4 Å². The highest BCUT2D eigenvalue weighted by Crippen LogP contribution is 2.18. The van der Waals surface area contributed by atoms with Crippen LogP contribution in [0.15, 0.2) is 0 Å². The van der Waals surface area contributed by atoms with E-state index in [9.17, 15) is 18.0 Å². The fourth-order valence-electron chi connectivity index (χ4n) is 1.23. The van der Waals surface area contributed by atoms with Crippen molar-refractivity contribution in [1.29, 1.82) is 0 Å². The Morgan fingerprint density at radius 1 is 1.21 bits per heavy atom. The van der Waals surface area contributed by atoms with Gasteiger partial charge in [0.25, 0.3) is 0 Å². The minimum absolute atomic E-state index is 0. The predicted molar refractivity (Wildman–Crippen MR) is 47.4 cm³/mol. The van der Waals surface area contributed by atoms with Crippen molar-refractivity contribution in [2.45, 2.75) is 12.6 Å². The normalized spacial score (nSPS) is 18.4. The van der Waals surface area contributed by atoms with Gasteiger partial charge in [0.15, 0.2) is 0 Å². The van der Waals surface area contributed by atoms with Gasteiger partial charge in [0.2, 0.25) is 0 Å². The molecule has 0 spiro atoms. The van der Waals surface area contributed by atoms with Gasteiger partial charge >= 0.3 is 12.1 Å². The number of carbonyl (C=O) groups excluding carboxylic acids is 1. The summed E-state index contributed by atoms with van der Waals surface area (Å²) in [4.78, 5) is 11.6. The monoisotopic (exact) mass is 232 g/mol. The van der Waals surface area contributed by atoms with E-state index in [1.165, 1.54) is 0 Å². The molecule has 0 bridgehead atoms. The molecule has 0 radical (unpaired) electrons.